The van der Waals surface area contributed by atoms with Crippen LogP contribution in [0.15, 0.2) is 30.3 Å². The van der Waals surface area contributed by atoms with E-state index in [1.165, 1.54) is 0 Å². The van der Waals surface area contributed by atoms with Gasteiger partial charge in [0, 0.05) is 42.6 Å². The number of methoxy groups -OCH3 is 1. The highest BCUT2D eigenvalue weighted by Crippen LogP contribution is 2.40. The predicted molar refractivity (Wildman–Crippen MR) is 123 cm³/mol. The van der Waals surface area contributed by atoms with Gasteiger partial charge < -0.3 is 29.7 Å². The zero-order valence-corrected chi connectivity index (χ0v) is 19.3. The molecule has 0 saturated carbocycles. The van der Waals surface area contributed by atoms with Crippen LogP contribution in [-0.2, 0) is 22.6 Å². The van der Waals surface area contributed by atoms with Crippen LogP contribution in [-0.4, -0.2) is 53.9 Å². The number of aliphatic hydroxyl groups excluding tert-OH is 1. The number of piperidine rings is 1. The lowest BCUT2D eigenvalue weighted by atomic mass is 9.91. The number of carbonyl (C=O) groups is 1. The van der Waals surface area contributed by atoms with E-state index in [1.54, 1.807) is 19.2 Å². The van der Waals surface area contributed by atoms with Crippen LogP contribution in [0, 0.1) is 6.92 Å². The third kappa shape index (κ3) is 4.99. The minimum absolute atomic E-state index is 0.0721. The fraction of sp³-hybridized carbons (Fsp3) is 0.480. The molecule has 178 valence electrons. The van der Waals surface area contributed by atoms with Crippen molar-refractivity contribution < 1.29 is 29.2 Å². The molecule has 2 aliphatic rings. The van der Waals surface area contributed by atoms with E-state index in [-0.39, 0.29) is 17.7 Å². The summed E-state index contributed by atoms with van der Waals surface area (Å²) >= 11 is 0. The number of carboxylic acid groups (broad SMARTS) is 1. The maximum Gasteiger partial charge on any atom is 0.335 e. The number of aliphatic hydroxyl groups is 1. The zero-order valence-electron chi connectivity index (χ0n) is 19.3. The lowest BCUT2D eigenvalue weighted by Gasteiger charge is -2.40. The summed E-state index contributed by atoms with van der Waals surface area (Å²) in [6.45, 7) is 6.42. The first-order valence-electron chi connectivity index (χ1n) is 11.4. The Labute approximate surface area is 194 Å². The zero-order chi connectivity index (χ0) is 23.5. The van der Waals surface area contributed by atoms with Gasteiger partial charge in [-0.2, -0.15) is 0 Å². The molecule has 2 aliphatic heterocycles. The molecule has 4 rings (SSSR count). The van der Waals surface area contributed by atoms with Gasteiger partial charge in [0.1, 0.15) is 5.75 Å². The van der Waals surface area contributed by atoms with E-state index in [4.69, 9.17) is 14.2 Å². The molecule has 0 bridgehead atoms. The Kier molecular flexibility index (Phi) is 7.19. The summed E-state index contributed by atoms with van der Waals surface area (Å²) in [5.74, 6) is -0.139. The molecule has 3 atom stereocenters. The standard InChI is InChI=1S/C25H32N2O6/c1-4-32-18-9-10-27(21(12-18)16-5-7-17(8-6-16)24(28)29)13-19-20-14-33-25(30)26-23(20)15(2)11-22(19)31-3/h5-8,11,18,21,25-26,30H,4,9-10,12-14H2,1-3H3,(H,28,29)/t18-,21-,25?/m0/s1. The van der Waals surface area contributed by atoms with Crippen molar-refractivity contribution in [2.24, 2.45) is 0 Å². The first-order chi connectivity index (χ1) is 15.9. The normalized spacial score (nSPS) is 23.0. The van der Waals surface area contributed by atoms with E-state index in [1.807, 2.05) is 32.0 Å². The molecule has 8 heteroatoms. The summed E-state index contributed by atoms with van der Waals surface area (Å²) < 4.78 is 17.2. The van der Waals surface area contributed by atoms with Crippen LogP contribution in [0.1, 0.15) is 58.4 Å². The van der Waals surface area contributed by atoms with E-state index in [0.717, 1.165) is 53.1 Å². The maximum atomic E-state index is 11.3. The van der Waals surface area contributed by atoms with Crippen molar-refractivity contribution in [3.8, 4) is 5.75 Å². The molecular formula is C25H32N2O6. The monoisotopic (exact) mass is 456 g/mol. The number of likely N-dealkylation sites (tertiary alicyclic amines) is 1. The SMILES string of the molecule is CCO[C@H]1CCN(Cc2c(OC)cc(C)c3c2COC(O)N3)[C@H](c2ccc(C(=O)O)cc2)C1. The minimum Gasteiger partial charge on any atom is -0.496 e. The largest absolute Gasteiger partial charge is 0.496 e. The lowest BCUT2D eigenvalue weighted by molar-refractivity contribution is -0.0935. The van der Waals surface area contributed by atoms with Gasteiger partial charge in [-0.1, -0.05) is 12.1 Å². The van der Waals surface area contributed by atoms with Crippen LogP contribution in [0.5, 0.6) is 5.75 Å². The Hall–Kier alpha value is -2.65. The highest BCUT2D eigenvalue weighted by atomic mass is 16.6. The number of ether oxygens (including phenoxy) is 3. The van der Waals surface area contributed by atoms with Crippen LogP contribution < -0.4 is 10.1 Å². The minimum atomic E-state index is -1.03. The lowest BCUT2D eigenvalue weighted by Crippen LogP contribution is -2.40. The maximum absolute atomic E-state index is 11.3. The molecule has 2 heterocycles. The molecule has 2 aromatic carbocycles. The quantitative estimate of drug-likeness (QED) is 0.580. The molecule has 0 spiro atoms. The molecule has 8 nitrogen and oxygen atoms in total. The first kappa shape index (κ1) is 23.5. The molecule has 0 amide bonds. The van der Waals surface area contributed by atoms with Gasteiger partial charge in [0.15, 0.2) is 0 Å². The highest BCUT2D eigenvalue weighted by Gasteiger charge is 2.32. The topological polar surface area (TPSA) is 100 Å². The van der Waals surface area contributed by atoms with Crippen LogP contribution >= 0.6 is 0 Å². The summed E-state index contributed by atoms with van der Waals surface area (Å²) in [5.41, 5.74) is 5.23. The third-order valence-electron chi connectivity index (χ3n) is 6.55. The molecule has 33 heavy (non-hydrogen) atoms. The molecule has 1 saturated heterocycles. The summed E-state index contributed by atoms with van der Waals surface area (Å²) in [7, 11) is 1.67. The average molecular weight is 457 g/mol. The Balaban J connectivity index is 1.68. The number of carboxylic acids is 1. The fourth-order valence-electron chi connectivity index (χ4n) is 4.89. The molecule has 0 aliphatic carbocycles. The van der Waals surface area contributed by atoms with Gasteiger partial charge in [-0.25, -0.2) is 4.79 Å². The van der Waals surface area contributed by atoms with Crippen molar-refractivity contribution in [1.29, 1.82) is 0 Å². The van der Waals surface area contributed by atoms with E-state index in [2.05, 4.69) is 10.2 Å². The van der Waals surface area contributed by atoms with Crippen molar-refractivity contribution in [3.63, 3.8) is 0 Å². The fourth-order valence-corrected chi connectivity index (χ4v) is 4.89. The Morgan fingerprint density at radius 3 is 2.73 bits per heavy atom. The van der Waals surface area contributed by atoms with Gasteiger partial charge in [0.25, 0.3) is 0 Å². The second-order valence-electron chi connectivity index (χ2n) is 8.55. The second kappa shape index (κ2) is 10.1. The van der Waals surface area contributed by atoms with Crippen molar-refractivity contribution in [2.45, 2.75) is 58.4 Å². The van der Waals surface area contributed by atoms with Crippen LogP contribution in [0.25, 0.3) is 0 Å². The van der Waals surface area contributed by atoms with Crippen molar-refractivity contribution in [1.82, 2.24) is 4.90 Å². The van der Waals surface area contributed by atoms with E-state index in [0.29, 0.717) is 19.8 Å². The molecule has 0 radical (unpaired) electrons. The molecule has 1 fully saturated rings. The number of aromatic carboxylic acids is 1. The summed E-state index contributed by atoms with van der Waals surface area (Å²) in [6, 6.07) is 9.18. The Morgan fingerprint density at radius 2 is 2.06 bits per heavy atom. The molecule has 3 N–H and O–H groups in total. The van der Waals surface area contributed by atoms with Crippen LogP contribution in [0.3, 0.4) is 0 Å². The highest BCUT2D eigenvalue weighted by molar-refractivity contribution is 5.87. The van der Waals surface area contributed by atoms with Crippen LogP contribution in [0.4, 0.5) is 5.69 Å². The number of rotatable bonds is 7. The number of fused-ring (bicyclic) bond motifs is 1. The Morgan fingerprint density at radius 1 is 1.30 bits per heavy atom. The van der Waals surface area contributed by atoms with E-state index >= 15 is 0 Å². The van der Waals surface area contributed by atoms with Gasteiger partial charge in [-0.3, -0.25) is 4.90 Å². The average Bonchev–Trinajstić information content (AvgIpc) is 2.81. The Bertz CT molecular complexity index is 993. The molecule has 2 aromatic rings. The molecule has 0 aromatic heterocycles. The number of nitrogens with one attached hydrogen (secondary N) is 1. The number of anilines is 1. The van der Waals surface area contributed by atoms with E-state index in [9.17, 15) is 15.0 Å². The van der Waals surface area contributed by atoms with Gasteiger partial charge in [0.2, 0.25) is 6.41 Å². The first-order valence-corrected chi connectivity index (χ1v) is 11.4. The summed E-state index contributed by atoms with van der Waals surface area (Å²) in [6.07, 6.45) is 0.870. The smallest absolute Gasteiger partial charge is 0.335 e. The van der Waals surface area contributed by atoms with Gasteiger partial charge in [-0.05, 0) is 56.0 Å². The van der Waals surface area contributed by atoms with Crippen molar-refractivity contribution in [3.05, 3.63) is 58.1 Å². The number of benzene rings is 2. The number of nitrogens with zero attached hydrogens (tertiary/aromatic N) is 1. The number of aryl methyl sites for hydroxylation is 1. The van der Waals surface area contributed by atoms with E-state index < -0.39 is 12.4 Å². The summed E-state index contributed by atoms with van der Waals surface area (Å²) in [4.78, 5) is 13.7. The number of hydrogen-bond acceptors (Lipinski definition) is 7. The second-order valence-corrected chi connectivity index (χ2v) is 8.55. The van der Waals surface area contributed by atoms with Gasteiger partial charge >= 0.3 is 5.97 Å². The molecule has 1 unspecified atom stereocenters. The molecular weight excluding hydrogens is 424 g/mol. The summed E-state index contributed by atoms with van der Waals surface area (Å²) in [5, 5.41) is 22.2. The third-order valence-corrected chi connectivity index (χ3v) is 6.55. The van der Waals surface area contributed by atoms with Crippen LogP contribution in [0.2, 0.25) is 0 Å². The van der Waals surface area contributed by atoms with Crippen molar-refractivity contribution >= 4 is 11.7 Å². The predicted octanol–water partition coefficient (Wildman–Crippen LogP) is 3.66. The number of hydrogen-bond donors (Lipinski definition) is 3. The van der Waals surface area contributed by atoms with Gasteiger partial charge in [-0.15, -0.1) is 0 Å². The van der Waals surface area contributed by atoms with Crippen molar-refractivity contribution in [2.75, 3.05) is 25.6 Å². The van der Waals surface area contributed by atoms with Gasteiger partial charge in [0.05, 0.1) is 25.4 Å².